The molecule has 1 atom stereocenters. The zero-order valence-corrected chi connectivity index (χ0v) is 13.2. The van der Waals surface area contributed by atoms with Gasteiger partial charge in [-0.2, -0.15) is 13.2 Å². The maximum atomic E-state index is 13.6. The lowest BCUT2D eigenvalue weighted by Crippen LogP contribution is -2.39. The average Bonchev–Trinajstić information content (AvgIpc) is 3.22. The minimum Gasteiger partial charge on any atom is -0.336 e. The number of nitrogens with zero attached hydrogens (tertiary/aromatic N) is 4. The summed E-state index contributed by atoms with van der Waals surface area (Å²) >= 11 is 0. The van der Waals surface area contributed by atoms with Gasteiger partial charge in [0.05, 0.1) is 5.69 Å². The van der Waals surface area contributed by atoms with Gasteiger partial charge < -0.3 is 10.2 Å². The summed E-state index contributed by atoms with van der Waals surface area (Å²) in [6.07, 6.45) is -4.24. The van der Waals surface area contributed by atoms with E-state index in [4.69, 9.17) is 0 Å². The predicted molar refractivity (Wildman–Crippen MR) is 79.7 cm³/mol. The molecule has 0 radical (unpaired) electrons. The van der Waals surface area contributed by atoms with E-state index in [0.717, 1.165) is 12.1 Å². The second-order valence-electron chi connectivity index (χ2n) is 5.74. The Morgan fingerprint density at radius 1 is 1.40 bits per heavy atom. The first kappa shape index (κ1) is 17.3. The fourth-order valence-electron chi connectivity index (χ4n) is 2.77. The first-order chi connectivity index (χ1) is 11.8. The summed E-state index contributed by atoms with van der Waals surface area (Å²) < 4.78 is 54.5. The van der Waals surface area contributed by atoms with E-state index < -0.39 is 29.3 Å². The van der Waals surface area contributed by atoms with Gasteiger partial charge in [0.1, 0.15) is 5.82 Å². The van der Waals surface area contributed by atoms with Gasteiger partial charge in [-0.15, -0.1) is 5.10 Å². The normalized spacial score (nSPS) is 17.7. The molecule has 1 saturated heterocycles. The largest absolute Gasteiger partial charge is 0.435 e. The van der Waals surface area contributed by atoms with Crippen LogP contribution in [0.15, 0.2) is 24.3 Å². The van der Waals surface area contributed by atoms with Crippen LogP contribution in [0.4, 0.5) is 17.6 Å². The van der Waals surface area contributed by atoms with Crippen molar-refractivity contribution in [1.29, 1.82) is 0 Å². The van der Waals surface area contributed by atoms with Crippen molar-refractivity contribution in [2.24, 2.45) is 0 Å². The summed E-state index contributed by atoms with van der Waals surface area (Å²) in [6.45, 7) is 1.19. The molecular weight excluding hydrogens is 342 g/mol. The van der Waals surface area contributed by atoms with Crippen molar-refractivity contribution in [3.8, 4) is 5.69 Å². The highest BCUT2D eigenvalue weighted by Crippen LogP contribution is 2.33. The van der Waals surface area contributed by atoms with Crippen molar-refractivity contribution in [2.45, 2.75) is 18.6 Å². The van der Waals surface area contributed by atoms with Crippen LogP contribution >= 0.6 is 0 Å². The van der Waals surface area contributed by atoms with E-state index >= 15 is 0 Å². The molecule has 1 aliphatic rings. The first-order valence-electron chi connectivity index (χ1n) is 7.55. The summed E-state index contributed by atoms with van der Waals surface area (Å²) in [5.41, 5.74) is -2.28. The molecule has 0 bridgehead atoms. The molecular formula is C15H15F4N5O. The van der Waals surface area contributed by atoms with Gasteiger partial charge in [0.25, 0.3) is 5.91 Å². The Balaban J connectivity index is 2.04. The number of benzene rings is 1. The van der Waals surface area contributed by atoms with Gasteiger partial charge in [-0.3, -0.25) is 4.79 Å². The third-order valence-electron chi connectivity index (χ3n) is 4.10. The van der Waals surface area contributed by atoms with Crippen LogP contribution in [0.1, 0.15) is 22.6 Å². The fraction of sp³-hybridized carbons (Fsp3) is 0.400. The molecule has 1 fully saturated rings. The molecule has 1 aromatic heterocycles. The van der Waals surface area contributed by atoms with Gasteiger partial charge in [-0.25, -0.2) is 9.07 Å². The summed E-state index contributed by atoms with van der Waals surface area (Å²) in [7, 11) is 1.43. The highest BCUT2D eigenvalue weighted by atomic mass is 19.4. The number of carbonyl (C=O) groups excluding carboxylic acids is 1. The molecule has 0 spiro atoms. The summed E-state index contributed by atoms with van der Waals surface area (Å²) in [5, 5.41) is 9.92. The second-order valence-corrected chi connectivity index (χ2v) is 5.74. The highest BCUT2D eigenvalue weighted by Gasteiger charge is 2.43. The number of aromatic nitrogens is 3. The van der Waals surface area contributed by atoms with Crippen molar-refractivity contribution >= 4 is 5.91 Å². The van der Waals surface area contributed by atoms with Crippen molar-refractivity contribution in [1.82, 2.24) is 25.2 Å². The molecule has 1 unspecified atom stereocenters. The van der Waals surface area contributed by atoms with Crippen LogP contribution in [0.2, 0.25) is 0 Å². The monoisotopic (exact) mass is 357 g/mol. The van der Waals surface area contributed by atoms with E-state index in [-0.39, 0.29) is 11.7 Å². The molecule has 0 aliphatic carbocycles. The maximum absolute atomic E-state index is 13.6. The number of rotatable bonds is 3. The Labute approximate surface area is 140 Å². The number of halogens is 4. The molecule has 1 N–H and O–H groups in total. The van der Waals surface area contributed by atoms with Crippen LogP contribution in [0.25, 0.3) is 5.69 Å². The Kier molecular flexibility index (Phi) is 4.46. The summed E-state index contributed by atoms with van der Waals surface area (Å²) in [4.78, 5) is 13.8. The molecule has 2 heterocycles. The smallest absolute Gasteiger partial charge is 0.336 e. The van der Waals surface area contributed by atoms with Gasteiger partial charge in [0.2, 0.25) is 0 Å². The Hall–Kier alpha value is -2.49. The Morgan fingerprint density at radius 3 is 2.76 bits per heavy atom. The quantitative estimate of drug-likeness (QED) is 0.852. The zero-order chi connectivity index (χ0) is 18.2. The number of nitrogens with one attached hydrogen (secondary N) is 1. The van der Waals surface area contributed by atoms with Gasteiger partial charge in [0, 0.05) is 19.6 Å². The van der Waals surface area contributed by atoms with Crippen molar-refractivity contribution in [3.05, 3.63) is 41.5 Å². The number of carbonyl (C=O) groups is 1. The molecule has 1 aromatic carbocycles. The SMILES string of the molecule is CN(C(=O)c1nnn(-c2cccc(F)c2)c1C(F)(F)F)C1CCNC1. The van der Waals surface area contributed by atoms with Crippen molar-refractivity contribution in [3.63, 3.8) is 0 Å². The van der Waals surface area contributed by atoms with E-state index in [9.17, 15) is 22.4 Å². The fourth-order valence-corrected chi connectivity index (χ4v) is 2.77. The Bertz CT molecular complexity index is 782. The minimum absolute atomic E-state index is 0.163. The Morgan fingerprint density at radius 2 is 2.16 bits per heavy atom. The summed E-state index contributed by atoms with van der Waals surface area (Å²) in [6, 6.07) is 4.28. The number of alkyl halides is 3. The van der Waals surface area contributed by atoms with E-state index in [1.807, 2.05) is 0 Å². The van der Waals surface area contributed by atoms with Crippen LogP contribution in [0.3, 0.4) is 0 Å². The molecule has 25 heavy (non-hydrogen) atoms. The number of hydrogen-bond donors (Lipinski definition) is 1. The topological polar surface area (TPSA) is 63.1 Å². The van der Waals surface area contributed by atoms with Crippen LogP contribution in [-0.4, -0.2) is 52.0 Å². The molecule has 6 nitrogen and oxygen atoms in total. The van der Waals surface area contributed by atoms with Crippen LogP contribution in [0, 0.1) is 5.82 Å². The average molecular weight is 357 g/mol. The third-order valence-corrected chi connectivity index (χ3v) is 4.10. The molecule has 134 valence electrons. The van der Waals surface area contributed by atoms with Crippen LogP contribution < -0.4 is 5.32 Å². The standard InChI is InChI=1S/C15H15F4N5O/c1-23(11-5-6-20-8-11)14(25)12-13(15(17,18)19)24(22-21-12)10-4-2-3-9(16)7-10/h2-4,7,11,20H,5-6,8H2,1H3. The molecule has 10 heteroatoms. The molecule has 0 saturated carbocycles. The van der Waals surface area contributed by atoms with Gasteiger partial charge in [0.15, 0.2) is 11.4 Å². The predicted octanol–water partition coefficient (Wildman–Crippen LogP) is 1.86. The molecule has 2 aromatic rings. The van der Waals surface area contributed by atoms with E-state index in [1.165, 1.54) is 24.1 Å². The molecule has 1 amide bonds. The maximum Gasteiger partial charge on any atom is 0.435 e. The first-order valence-corrected chi connectivity index (χ1v) is 7.55. The lowest BCUT2D eigenvalue weighted by atomic mass is 10.2. The van der Waals surface area contributed by atoms with E-state index in [0.29, 0.717) is 24.2 Å². The lowest BCUT2D eigenvalue weighted by Gasteiger charge is -2.23. The van der Waals surface area contributed by atoms with Gasteiger partial charge in [-0.05, 0) is 31.2 Å². The van der Waals surface area contributed by atoms with E-state index in [2.05, 4.69) is 15.6 Å². The van der Waals surface area contributed by atoms with Gasteiger partial charge in [-0.1, -0.05) is 11.3 Å². The van der Waals surface area contributed by atoms with E-state index in [1.54, 1.807) is 0 Å². The summed E-state index contributed by atoms with van der Waals surface area (Å²) in [5.74, 6) is -1.59. The molecule has 3 rings (SSSR count). The number of hydrogen-bond acceptors (Lipinski definition) is 4. The number of amides is 1. The highest BCUT2D eigenvalue weighted by molar-refractivity contribution is 5.93. The van der Waals surface area contributed by atoms with Crippen LogP contribution in [0.5, 0.6) is 0 Å². The molecule has 1 aliphatic heterocycles. The van der Waals surface area contributed by atoms with Crippen molar-refractivity contribution in [2.75, 3.05) is 20.1 Å². The third kappa shape index (κ3) is 3.34. The lowest BCUT2D eigenvalue weighted by molar-refractivity contribution is -0.143. The zero-order valence-electron chi connectivity index (χ0n) is 13.2. The van der Waals surface area contributed by atoms with Gasteiger partial charge >= 0.3 is 6.18 Å². The minimum atomic E-state index is -4.88. The van der Waals surface area contributed by atoms with Crippen molar-refractivity contribution < 1.29 is 22.4 Å². The van der Waals surface area contributed by atoms with Crippen LogP contribution in [-0.2, 0) is 6.18 Å². The number of likely N-dealkylation sites (N-methyl/N-ethyl adjacent to an activating group) is 1. The second kappa shape index (κ2) is 6.43.